The Morgan fingerprint density at radius 1 is 1.37 bits per heavy atom. The fraction of sp³-hybridized carbons (Fsp3) is 0.800. The van der Waals surface area contributed by atoms with Crippen molar-refractivity contribution in [3.05, 3.63) is 6.42 Å². The van der Waals surface area contributed by atoms with E-state index in [2.05, 4.69) is 25.3 Å². The van der Waals surface area contributed by atoms with E-state index in [-0.39, 0.29) is 16.8 Å². The van der Waals surface area contributed by atoms with Gasteiger partial charge in [0.15, 0.2) is 0 Å². The summed E-state index contributed by atoms with van der Waals surface area (Å²) < 4.78 is -0.386. The summed E-state index contributed by atoms with van der Waals surface area (Å²) in [5, 5.41) is 10.7. The van der Waals surface area contributed by atoms with Crippen molar-refractivity contribution in [3.63, 3.8) is 0 Å². The maximum Gasteiger partial charge on any atom is 0.263 e. The molecule has 2 aliphatic carbocycles. The zero-order valence-corrected chi connectivity index (χ0v) is 12.6. The molecular weight excluding hydrogens is 258 g/mol. The number of aliphatic hydroxyl groups is 1. The van der Waals surface area contributed by atoms with E-state index in [1.165, 1.54) is 0 Å². The van der Waals surface area contributed by atoms with Crippen molar-refractivity contribution in [2.24, 2.45) is 28.7 Å². The smallest absolute Gasteiger partial charge is 0.263 e. The Labute approximate surface area is 119 Å². The molecule has 0 spiro atoms. The number of fused-ring (bicyclic) bond motifs is 2. The second-order valence-corrected chi connectivity index (χ2v) is 8.21. The van der Waals surface area contributed by atoms with Crippen LogP contribution in [-0.2, 0) is 4.79 Å². The van der Waals surface area contributed by atoms with Gasteiger partial charge in [0.2, 0.25) is 0 Å². The van der Waals surface area contributed by atoms with Crippen molar-refractivity contribution >= 4 is 22.7 Å². The number of nitrogens with zero attached hydrogens (tertiary/aromatic N) is 1. The predicted octanol–water partition coefficient (Wildman–Crippen LogP) is 2.68. The van der Waals surface area contributed by atoms with Crippen molar-refractivity contribution < 1.29 is 9.90 Å². The standard InChI is InChI=1S/C15H22NO2S/c1-8(2)15(3)14(18)16-13(19-15)7-10-5-11-4-9(10)6-12(11)17/h7-12,17H,4-6H2,1-3H3/t9-,10-,11-,12+,15+/m1/s1. The van der Waals surface area contributed by atoms with Gasteiger partial charge in [-0.15, -0.1) is 0 Å². The van der Waals surface area contributed by atoms with Crippen LogP contribution in [0.1, 0.15) is 40.0 Å². The first kappa shape index (κ1) is 13.6. The summed E-state index contributed by atoms with van der Waals surface area (Å²) in [4.78, 5) is 16.3. The van der Waals surface area contributed by atoms with Gasteiger partial charge in [0.05, 0.1) is 11.1 Å². The lowest BCUT2D eigenvalue weighted by atomic mass is 9.85. The van der Waals surface area contributed by atoms with Gasteiger partial charge in [-0.25, -0.2) is 4.99 Å². The van der Waals surface area contributed by atoms with Gasteiger partial charge in [-0.1, -0.05) is 25.6 Å². The third-order valence-electron chi connectivity index (χ3n) is 5.29. The first-order valence-corrected chi connectivity index (χ1v) is 8.07. The van der Waals surface area contributed by atoms with Crippen LogP contribution in [0.15, 0.2) is 4.99 Å². The quantitative estimate of drug-likeness (QED) is 0.864. The summed E-state index contributed by atoms with van der Waals surface area (Å²) >= 11 is 1.63. The number of hydrogen-bond donors (Lipinski definition) is 1. The van der Waals surface area contributed by atoms with E-state index < -0.39 is 0 Å². The summed E-state index contributed by atoms with van der Waals surface area (Å²) in [6, 6.07) is 0. The highest BCUT2D eigenvalue weighted by Gasteiger charge is 2.48. The van der Waals surface area contributed by atoms with Crippen LogP contribution >= 0.6 is 11.8 Å². The van der Waals surface area contributed by atoms with Crippen LogP contribution in [0.2, 0.25) is 0 Å². The number of carbonyl (C=O) groups is 1. The monoisotopic (exact) mass is 280 g/mol. The lowest BCUT2D eigenvalue weighted by Gasteiger charge is -2.26. The van der Waals surface area contributed by atoms with Crippen molar-refractivity contribution in [1.82, 2.24) is 0 Å². The predicted molar refractivity (Wildman–Crippen MR) is 77.9 cm³/mol. The number of aliphatic imine (C=N–C) groups is 1. The third-order valence-corrected chi connectivity index (χ3v) is 6.79. The Balaban J connectivity index is 1.64. The highest BCUT2D eigenvalue weighted by molar-refractivity contribution is 8.16. The van der Waals surface area contributed by atoms with E-state index in [9.17, 15) is 9.90 Å². The maximum absolute atomic E-state index is 12.1. The molecule has 2 fully saturated rings. The average molecular weight is 280 g/mol. The van der Waals surface area contributed by atoms with E-state index >= 15 is 0 Å². The first-order chi connectivity index (χ1) is 8.90. The fourth-order valence-corrected chi connectivity index (χ4v) is 4.78. The molecule has 0 saturated heterocycles. The number of thioether (sulfide) groups is 1. The summed E-state index contributed by atoms with van der Waals surface area (Å²) in [5.41, 5.74) is 0. The van der Waals surface area contributed by atoms with Crippen LogP contribution in [0.3, 0.4) is 0 Å². The van der Waals surface area contributed by atoms with Crippen molar-refractivity contribution in [2.45, 2.75) is 50.9 Å². The minimum absolute atomic E-state index is 0.0157. The van der Waals surface area contributed by atoms with E-state index in [0.717, 1.165) is 24.3 Å². The maximum atomic E-state index is 12.1. The molecule has 105 valence electrons. The fourth-order valence-electron chi connectivity index (χ4n) is 3.61. The molecule has 3 rings (SSSR count). The van der Waals surface area contributed by atoms with Crippen molar-refractivity contribution in [3.8, 4) is 0 Å². The van der Waals surface area contributed by atoms with E-state index in [1.54, 1.807) is 11.8 Å². The molecule has 0 unspecified atom stereocenters. The van der Waals surface area contributed by atoms with Gasteiger partial charge in [-0.3, -0.25) is 4.79 Å². The van der Waals surface area contributed by atoms with Crippen LogP contribution in [-0.4, -0.2) is 26.9 Å². The number of hydrogen-bond acceptors (Lipinski definition) is 3. The molecule has 0 aromatic heterocycles. The molecule has 2 bridgehead atoms. The molecule has 3 nitrogen and oxygen atoms in total. The highest BCUT2D eigenvalue weighted by atomic mass is 32.2. The molecule has 19 heavy (non-hydrogen) atoms. The minimum atomic E-state index is -0.386. The molecule has 1 aliphatic heterocycles. The zero-order chi connectivity index (χ0) is 13.8. The van der Waals surface area contributed by atoms with Gasteiger partial charge in [-0.05, 0) is 49.9 Å². The molecule has 3 aliphatic rings. The molecule has 1 N–H and O–H groups in total. The van der Waals surface area contributed by atoms with Crippen molar-refractivity contribution in [1.29, 1.82) is 0 Å². The molecule has 1 radical (unpaired) electrons. The summed E-state index contributed by atoms with van der Waals surface area (Å²) in [7, 11) is 0. The van der Waals surface area contributed by atoms with Crippen LogP contribution in [0, 0.1) is 30.1 Å². The molecule has 4 heteroatoms. The van der Waals surface area contributed by atoms with E-state index in [0.29, 0.717) is 23.7 Å². The molecule has 0 aromatic carbocycles. The summed E-state index contributed by atoms with van der Waals surface area (Å²) in [5.74, 6) is 1.90. The summed E-state index contributed by atoms with van der Waals surface area (Å²) in [6.07, 6.45) is 5.26. The number of carbonyl (C=O) groups excluding carboxylic acids is 1. The molecule has 0 aromatic rings. The summed E-state index contributed by atoms with van der Waals surface area (Å²) in [6.45, 7) is 6.16. The lowest BCUT2D eigenvalue weighted by Crippen LogP contribution is -2.33. The van der Waals surface area contributed by atoms with Crippen LogP contribution in [0.4, 0.5) is 0 Å². The molecule has 5 atom stereocenters. The van der Waals surface area contributed by atoms with E-state index in [4.69, 9.17) is 0 Å². The highest BCUT2D eigenvalue weighted by Crippen LogP contribution is 2.51. The average Bonchev–Trinajstić information content (AvgIpc) is 2.94. The molecule has 2 saturated carbocycles. The minimum Gasteiger partial charge on any atom is -0.393 e. The number of amides is 1. The van der Waals surface area contributed by atoms with Crippen LogP contribution < -0.4 is 0 Å². The Hall–Kier alpha value is -0.350. The Morgan fingerprint density at radius 2 is 2.11 bits per heavy atom. The first-order valence-electron chi connectivity index (χ1n) is 7.25. The van der Waals surface area contributed by atoms with Crippen LogP contribution in [0.25, 0.3) is 0 Å². The lowest BCUT2D eigenvalue weighted by molar-refractivity contribution is -0.120. The normalized spacial score (nSPS) is 45.3. The Bertz CT molecular complexity index is 432. The third kappa shape index (κ3) is 2.17. The SMILES string of the molecule is CC(C)[C@]1(C)SC([CH][C@H]2C[C@H]3C[C@@H]2C[C@@H]3O)=NC1=O. The van der Waals surface area contributed by atoms with Gasteiger partial charge in [0.25, 0.3) is 5.91 Å². The molecule has 1 amide bonds. The van der Waals surface area contributed by atoms with E-state index in [1.807, 2.05) is 6.92 Å². The van der Waals surface area contributed by atoms with Gasteiger partial charge in [-0.2, -0.15) is 0 Å². The topological polar surface area (TPSA) is 49.7 Å². The van der Waals surface area contributed by atoms with Gasteiger partial charge < -0.3 is 5.11 Å². The molecular formula is C15H22NO2S. The number of aliphatic hydroxyl groups excluding tert-OH is 1. The Kier molecular flexibility index (Phi) is 3.29. The molecule has 1 heterocycles. The van der Waals surface area contributed by atoms with Gasteiger partial charge in [0.1, 0.15) is 4.75 Å². The number of rotatable bonds is 3. The Morgan fingerprint density at radius 3 is 2.58 bits per heavy atom. The van der Waals surface area contributed by atoms with Crippen LogP contribution in [0.5, 0.6) is 0 Å². The van der Waals surface area contributed by atoms with Crippen molar-refractivity contribution in [2.75, 3.05) is 0 Å². The van der Waals surface area contributed by atoms with Gasteiger partial charge >= 0.3 is 0 Å². The zero-order valence-electron chi connectivity index (χ0n) is 11.8. The van der Waals surface area contributed by atoms with Gasteiger partial charge in [0, 0.05) is 6.42 Å². The largest absolute Gasteiger partial charge is 0.393 e. The second-order valence-electron chi connectivity index (χ2n) is 6.74. The second kappa shape index (κ2) is 4.59.